The number of rotatable bonds is 7. The topological polar surface area (TPSA) is 98.5 Å². The number of sulfonamides is 1. The lowest BCUT2D eigenvalue weighted by Crippen LogP contribution is -2.52. The maximum absolute atomic E-state index is 12.7. The minimum atomic E-state index is -3.89. The summed E-state index contributed by atoms with van der Waals surface area (Å²) in [5, 5.41) is 0. The fourth-order valence-electron chi connectivity index (χ4n) is 2.21. The van der Waals surface area contributed by atoms with Crippen LogP contribution in [0.1, 0.15) is 42.6 Å². The Bertz CT molecular complexity index is 635. The van der Waals surface area contributed by atoms with E-state index in [9.17, 15) is 13.2 Å². The van der Waals surface area contributed by atoms with Gasteiger partial charge in [-0.2, -0.15) is 0 Å². The summed E-state index contributed by atoms with van der Waals surface area (Å²) in [6, 6.07) is 4.56. The van der Waals surface area contributed by atoms with Gasteiger partial charge in [-0.15, -0.1) is 12.4 Å². The summed E-state index contributed by atoms with van der Waals surface area (Å²) >= 11 is 0. The van der Waals surface area contributed by atoms with E-state index < -0.39 is 21.5 Å². The molecule has 0 aliphatic rings. The smallest absolute Gasteiger partial charge is 0.339 e. The van der Waals surface area contributed by atoms with Crippen LogP contribution in [0.15, 0.2) is 23.1 Å². The van der Waals surface area contributed by atoms with Crippen LogP contribution in [0, 0.1) is 6.92 Å². The van der Waals surface area contributed by atoms with E-state index in [2.05, 4.69) is 9.46 Å². The van der Waals surface area contributed by atoms with E-state index >= 15 is 0 Å². The normalized spacial score (nSPS) is 11.7. The van der Waals surface area contributed by atoms with Crippen molar-refractivity contribution in [3.8, 4) is 0 Å². The van der Waals surface area contributed by atoms with Gasteiger partial charge >= 0.3 is 5.97 Å². The molecule has 23 heavy (non-hydrogen) atoms. The molecular weight excluding hydrogens is 340 g/mol. The van der Waals surface area contributed by atoms with Crippen molar-refractivity contribution in [2.24, 2.45) is 5.73 Å². The number of esters is 1. The number of methoxy groups -OCH3 is 1. The highest BCUT2D eigenvalue weighted by Gasteiger charge is 2.33. The van der Waals surface area contributed by atoms with E-state index in [1.165, 1.54) is 19.2 Å². The summed E-state index contributed by atoms with van der Waals surface area (Å²) in [4.78, 5) is 11.8. The molecule has 0 spiro atoms. The summed E-state index contributed by atoms with van der Waals surface area (Å²) < 4.78 is 32.7. The average Bonchev–Trinajstić information content (AvgIpc) is 2.51. The van der Waals surface area contributed by atoms with Gasteiger partial charge in [0, 0.05) is 12.1 Å². The van der Waals surface area contributed by atoms with Gasteiger partial charge in [-0.25, -0.2) is 17.9 Å². The lowest BCUT2D eigenvalue weighted by Gasteiger charge is -2.31. The Kier molecular flexibility index (Phi) is 8.20. The van der Waals surface area contributed by atoms with E-state index in [1.807, 2.05) is 13.8 Å². The molecule has 0 fully saturated rings. The van der Waals surface area contributed by atoms with Crippen LogP contribution in [0.5, 0.6) is 0 Å². The zero-order valence-electron chi connectivity index (χ0n) is 13.9. The molecule has 0 saturated heterocycles. The summed E-state index contributed by atoms with van der Waals surface area (Å²) in [5.41, 5.74) is 5.81. The van der Waals surface area contributed by atoms with E-state index in [0.717, 1.165) is 5.56 Å². The summed E-state index contributed by atoms with van der Waals surface area (Å²) in [7, 11) is -2.67. The van der Waals surface area contributed by atoms with Crippen molar-refractivity contribution >= 4 is 28.4 Å². The first-order chi connectivity index (χ1) is 10.2. The minimum Gasteiger partial charge on any atom is -0.465 e. The zero-order chi connectivity index (χ0) is 17.0. The average molecular weight is 365 g/mol. The number of benzene rings is 1. The molecule has 8 heteroatoms. The molecule has 0 aromatic heterocycles. The van der Waals surface area contributed by atoms with Crippen molar-refractivity contribution in [1.82, 2.24) is 4.72 Å². The molecule has 1 rings (SSSR count). The van der Waals surface area contributed by atoms with Crippen LogP contribution in [-0.4, -0.2) is 33.6 Å². The standard InChI is InChI=1S/C15H24N2O4S.ClH/c1-5-15(6-2,10-16)17-22(19,20)13-8-7-11(3)9-12(13)14(18)21-4;/h7-9,17H,5-6,10,16H2,1-4H3;1H. The molecule has 0 unspecified atom stereocenters. The first-order valence-electron chi connectivity index (χ1n) is 7.18. The van der Waals surface area contributed by atoms with Crippen molar-refractivity contribution in [2.75, 3.05) is 13.7 Å². The molecule has 0 bridgehead atoms. The highest BCUT2D eigenvalue weighted by Crippen LogP contribution is 2.22. The number of hydrogen-bond donors (Lipinski definition) is 2. The van der Waals surface area contributed by atoms with E-state index in [-0.39, 0.29) is 29.4 Å². The lowest BCUT2D eigenvalue weighted by atomic mass is 9.95. The van der Waals surface area contributed by atoms with Crippen LogP contribution in [0.3, 0.4) is 0 Å². The predicted octanol–water partition coefficient (Wildman–Crippen LogP) is 2.00. The van der Waals surface area contributed by atoms with Crippen molar-refractivity contribution < 1.29 is 17.9 Å². The molecule has 0 aliphatic carbocycles. The first-order valence-corrected chi connectivity index (χ1v) is 8.66. The van der Waals surface area contributed by atoms with Gasteiger partial charge < -0.3 is 10.5 Å². The predicted molar refractivity (Wildman–Crippen MR) is 92.5 cm³/mol. The molecule has 0 amide bonds. The van der Waals surface area contributed by atoms with Gasteiger partial charge in [0.05, 0.1) is 17.6 Å². The Labute approximate surface area is 144 Å². The number of hydrogen-bond acceptors (Lipinski definition) is 5. The molecule has 0 radical (unpaired) electrons. The monoisotopic (exact) mass is 364 g/mol. The van der Waals surface area contributed by atoms with Gasteiger partial charge in [-0.1, -0.05) is 25.5 Å². The van der Waals surface area contributed by atoms with E-state index in [0.29, 0.717) is 12.8 Å². The van der Waals surface area contributed by atoms with Crippen LogP contribution in [0.2, 0.25) is 0 Å². The Balaban J connectivity index is 0.00000484. The Morgan fingerprint density at radius 2 is 1.87 bits per heavy atom. The molecule has 6 nitrogen and oxygen atoms in total. The third-order valence-electron chi connectivity index (χ3n) is 3.93. The molecule has 132 valence electrons. The minimum absolute atomic E-state index is 0. The highest BCUT2D eigenvalue weighted by atomic mass is 35.5. The van der Waals surface area contributed by atoms with Crippen molar-refractivity contribution in [2.45, 2.75) is 44.0 Å². The molecule has 0 saturated carbocycles. The molecule has 1 aromatic carbocycles. The molecule has 1 aromatic rings. The molecule has 3 N–H and O–H groups in total. The number of aryl methyl sites for hydroxylation is 1. The third kappa shape index (κ3) is 4.91. The Morgan fingerprint density at radius 1 is 1.30 bits per heavy atom. The second-order valence-corrected chi connectivity index (χ2v) is 6.94. The highest BCUT2D eigenvalue weighted by molar-refractivity contribution is 7.89. The first kappa shape index (κ1) is 21.9. The summed E-state index contributed by atoms with van der Waals surface area (Å²) in [6.07, 6.45) is 1.11. The number of ether oxygens (including phenoxy) is 1. The summed E-state index contributed by atoms with van der Waals surface area (Å²) in [5.74, 6) is -0.685. The van der Waals surface area contributed by atoms with Gasteiger partial charge in [-0.3, -0.25) is 0 Å². The third-order valence-corrected chi connectivity index (χ3v) is 5.56. The van der Waals surface area contributed by atoms with Crippen LogP contribution < -0.4 is 10.5 Å². The van der Waals surface area contributed by atoms with Gasteiger partial charge in [-0.05, 0) is 31.9 Å². The molecular formula is C15H25ClN2O4S. The van der Waals surface area contributed by atoms with E-state index in [4.69, 9.17) is 5.73 Å². The fraction of sp³-hybridized carbons (Fsp3) is 0.533. The summed E-state index contributed by atoms with van der Waals surface area (Å²) in [6.45, 7) is 5.70. The van der Waals surface area contributed by atoms with Gasteiger partial charge in [0.25, 0.3) is 0 Å². The fourth-order valence-corrected chi connectivity index (χ4v) is 3.94. The number of nitrogens with one attached hydrogen (secondary N) is 1. The van der Waals surface area contributed by atoms with Crippen LogP contribution in [-0.2, 0) is 14.8 Å². The number of carbonyl (C=O) groups excluding carboxylic acids is 1. The maximum atomic E-state index is 12.7. The molecule has 0 atom stereocenters. The van der Waals surface area contributed by atoms with Crippen molar-refractivity contribution in [1.29, 1.82) is 0 Å². The quantitative estimate of drug-likeness (QED) is 0.721. The van der Waals surface area contributed by atoms with Gasteiger partial charge in [0.1, 0.15) is 0 Å². The van der Waals surface area contributed by atoms with Crippen LogP contribution in [0.25, 0.3) is 0 Å². The molecule has 0 heterocycles. The maximum Gasteiger partial charge on any atom is 0.339 e. The van der Waals surface area contributed by atoms with Crippen LogP contribution >= 0.6 is 12.4 Å². The zero-order valence-corrected chi connectivity index (χ0v) is 15.5. The van der Waals surface area contributed by atoms with Crippen LogP contribution in [0.4, 0.5) is 0 Å². The molecule has 0 aliphatic heterocycles. The van der Waals surface area contributed by atoms with Crippen molar-refractivity contribution in [3.63, 3.8) is 0 Å². The van der Waals surface area contributed by atoms with Gasteiger partial charge in [0.15, 0.2) is 0 Å². The second-order valence-electron chi connectivity index (χ2n) is 5.29. The largest absolute Gasteiger partial charge is 0.465 e. The van der Waals surface area contributed by atoms with Gasteiger partial charge in [0.2, 0.25) is 10.0 Å². The van der Waals surface area contributed by atoms with E-state index in [1.54, 1.807) is 13.0 Å². The second kappa shape index (κ2) is 8.63. The lowest BCUT2D eigenvalue weighted by molar-refractivity contribution is 0.0596. The van der Waals surface area contributed by atoms with Crippen molar-refractivity contribution in [3.05, 3.63) is 29.3 Å². The number of nitrogens with two attached hydrogens (primary N) is 1. The Morgan fingerprint density at radius 3 is 2.30 bits per heavy atom. The number of carbonyl (C=O) groups is 1. The Hall–Kier alpha value is -1.15. The number of halogens is 1. The SMILES string of the molecule is CCC(CC)(CN)NS(=O)(=O)c1ccc(C)cc1C(=O)OC.Cl.